The van der Waals surface area contributed by atoms with Crippen LogP contribution in [0.1, 0.15) is 43.7 Å². The molecule has 1 saturated heterocycles. The summed E-state index contributed by atoms with van der Waals surface area (Å²) < 4.78 is 5.32. The third kappa shape index (κ3) is 5.68. The van der Waals surface area contributed by atoms with Crippen molar-refractivity contribution in [1.82, 2.24) is 10.2 Å². The molecule has 1 heterocycles. The first-order valence-electron chi connectivity index (χ1n) is 8.95. The van der Waals surface area contributed by atoms with Crippen LogP contribution in [0, 0.1) is 6.92 Å². The van der Waals surface area contributed by atoms with Crippen LogP contribution in [0.3, 0.4) is 0 Å². The van der Waals surface area contributed by atoms with Crippen LogP contribution >= 0.6 is 0 Å². The molecule has 1 aromatic rings. The molecule has 1 amide bonds. The number of benzene rings is 1. The molecule has 4 heteroatoms. The fraction of sp³-hybridized carbons (Fsp3) is 0.550. The molecule has 24 heavy (non-hydrogen) atoms. The van der Waals surface area contributed by atoms with Crippen LogP contribution in [-0.2, 0) is 4.79 Å². The Kier molecular flexibility index (Phi) is 7.32. The van der Waals surface area contributed by atoms with E-state index in [2.05, 4.69) is 17.1 Å². The van der Waals surface area contributed by atoms with Crippen molar-refractivity contribution in [1.29, 1.82) is 0 Å². The van der Waals surface area contributed by atoms with Gasteiger partial charge in [0.15, 0.2) is 0 Å². The van der Waals surface area contributed by atoms with E-state index in [4.69, 9.17) is 4.74 Å². The monoisotopic (exact) mass is 330 g/mol. The van der Waals surface area contributed by atoms with Crippen molar-refractivity contribution in [2.75, 3.05) is 26.7 Å². The summed E-state index contributed by atoms with van der Waals surface area (Å²) in [6.07, 6.45) is 8.35. The summed E-state index contributed by atoms with van der Waals surface area (Å²) in [6, 6.07) is 6.62. The van der Waals surface area contributed by atoms with Crippen molar-refractivity contribution in [3.05, 3.63) is 35.4 Å². The van der Waals surface area contributed by atoms with E-state index in [-0.39, 0.29) is 5.91 Å². The molecule has 0 bridgehead atoms. The molecule has 0 aliphatic carbocycles. The van der Waals surface area contributed by atoms with Gasteiger partial charge in [-0.15, -0.1) is 0 Å². The third-order valence-corrected chi connectivity index (χ3v) is 4.66. The van der Waals surface area contributed by atoms with Crippen LogP contribution in [0.25, 0.3) is 6.08 Å². The van der Waals surface area contributed by atoms with Gasteiger partial charge in [-0.2, -0.15) is 0 Å². The van der Waals surface area contributed by atoms with Crippen LogP contribution in [0.15, 0.2) is 24.3 Å². The number of rotatable bonds is 7. The number of carbonyl (C=O) groups excluding carboxylic acids is 1. The molecular formula is C20H30N2O2. The number of likely N-dealkylation sites (tertiary alicyclic amines) is 1. The molecule has 1 aliphatic rings. The summed E-state index contributed by atoms with van der Waals surface area (Å²) in [7, 11) is 1.64. The minimum atomic E-state index is -0.0507. The fourth-order valence-electron chi connectivity index (χ4n) is 3.19. The van der Waals surface area contributed by atoms with Crippen LogP contribution < -0.4 is 10.1 Å². The zero-order valence-electron chi connectivity index (χ0n) is 15.2. The lowest BCUT2D eigenvalue weighted by atomic mass is 10.0. The Morgan fingerprint density at radius 3 is 3.00 bits per heavy atom. The Morgan fingerprint density at radius 1 is 1.42 bits per heavy atom. The van der Waals surface area contributed by atoms with E-state index in [1.165, 1.54) is 25.8 Å². The van der Waals surface area contributed by atoms with E-state index in [0.717, 1.165) is 36.4 Å². The Bertz CT molecular complexity index is 569. The van der Waals surface area contributed by atoms with Crippen LogP contribution in [-0.4, -0.2) is 43.6 Å². The molecule has 4 nitrogen and oxygen atoms in total. The number of methoxy groups -OCH3 is 1. The zero-order chi connectivity index (χ0) is 17.4. The number of hydrogen-bond acceptors (Lipinski definition) is 3. The van der Waals surface area contributed by atoms with Gasteiger partial charge >= 0.3 is 0 Å². The molecule has 0 radical (unpaired) electrons. The summed E-state index contributed by atoms with van der Waals surface area (Å²) in [6.45, 7) is 7.31. The number of piperidine rings is 1. The number of carbonyl (C=O) groups is 1. The molecule has 2 rings (SSSR count). The van der Waals surface area contributed by atoms with Gasteiger partial charge in [0.25, 0.3) is 0 Å². The quantitative estimate of drug-likeness (QED) is 0.615. The highest BCUT2D eigenvalue weighted by atomic mass is 16.5. The summed E-state index contributed by atoms with van der Waals surface area (Å²) in [5, 5.41) is 2.97. The first-order valence-corrected chi connectivity index (χ1v) is 8.95. The number of nitrogens with one attached hydrogen (secondary N) is 1. The van der Waals surface area contributed by atoms with Gasteiger partial charge in [0.2, 0.25) is 5.91 Å². The third-order valence-electron chi connectivity index (χ3n) is 4.66. The SMILES string of the molecule is COc1ccc(C)cc1/C=C/C(=O)NCCCN1CCCC[C@H]1C. The van der Waals surface area contributed by atoms with Gasteiger partial charge in [0, 0.05) is 30.8 Å². The lowest BCUT2D eigenvalue weighted by molar-refractivity contribution is -0.116. The standard InChI is InChI=1S/C20H30N2O2/c1-16-8-10-19(24-3)18(15-16)9-11-20(23)21-12-6-14-22-13-5-4-7-17(22)2/h8-11,15,17H,4-7,12-14H2,1-3H3,(H,21,23)/b11-9+/t17-/m1/s1. The molecule has 132 valence electrons. The predicted octanol–water partition coefficient (Wildman–Crippen LogP) is 3.40. The van der Waals surface area contributed by atoms with Crippen LogP contribution in [0.4, 0.5) is 0 Å². The van der Waals surface area contributed by atoms with Crippen molar-refractivity contribution in [3.63, 3.8) is 0 Å². The van der Waals surface area contributed by atoms with Gasteiger partial charge in [-0.3, -0.25) is 4.79 Å². The maximum Gasteiger partial charge on any atom is 0.244 e. The van der Waals surface area contributed by atoms with E-state index >= 15 is 0 Å². The lowest BCUT2D eigenvalue weighted by Crippen LogP contribution is -2.39. The molecule has 0 aromatic heterocycles. The number of hydrogen-bond donors (Lipinski definition) is 1. The van der Waals surface area contributed by atoms with E-state index in [1.807, 2.05) is 31.2 Å². The second-order valence-corrected chi connectivity index (χ2v) is 6.60. The fourth-order valence-corrected chi connectivity index (χ4v) is 3.19. The van der Waals surface area contributed by atoms with Crippen LogP contribution in [0.2, 0.25) is 0 Å². The Morgan fingerprint density at radius 2 is 2.25 bits per heavy atom. The predicted molar refractivity (Wildman–Crippen MR) is 99.3 cm³/mol. The van der Waals surface area contributed by atoms with Crippen molar-refractivity contribution >= 4 is 12.0 Å². The molecule has 1 aromatic carbocycles. The number of amides is 1. The van der Waals surface area contributed by atoms with E-state index < -0.39 is 0 Å². The Labute approximate surface area is 145 Å². The molecule has 1 atom stereocenters. The molecule has 0 saturated carbocycles. The van der Waals surface area contributed by atoms with Crippen molar-refractivity contribution in [2.45, 2.75) is 45.6 Å². The van der Waals surface area contributed by atoms with E-state index in [0.29, 0.717) is 6.04 Å². The molecule has 0 unspecified atom stereocenters. The van der Waals surface area contributed by atoms with Crippen LogP contribution in [0.5, 0.6) is 5.75 Å². The average molecular weight is 330 g/mol. The van der Waals surface area contributed by atoms with E-state index in [1.54, 1.807) is 13.2 Å². The Hall–Kier alpha value is -1.81. The largest absolute Gasteiger partial charge is 0.496 e. The second kappa shape index (κ2) is 9.48. The first-order chi connectivity index (χ1) is 11.6. The van der Waals surface area contributed by atoms with Gasteiger partial charge in [-0.25, -0.2) is 0 Å². The topological polar surface area (TPSA) is 41.6 Å². The second-order valence-electron chi connectivity index (χ2n) is 6.60. The number of aryl methyl sites for hydroxylation is 1. The van der Waals surface area contributed by atoms with Crippen molar-refractivity contribution < 1.29 is 9.53 Å². The molecule has 1 N–H and O–H groups in total. The maximum absolute atomic E-state index is 12.0. The van der Waals surface area contributed by atoms with Gasteiger partial charge < -0.3 is 15.0 Å². The molecule has 0 spiro atoms. The Balaban J connectivity index is 1.74. The average Bonchev–Trinajstić information content (AvgIpc) is 2.58. The summed E-state index contributed by atoms with van der Waals surface area (Å²) in [4.78, 5) is 14.5. The summed E-state index contributed by atoms with van der Waals surface area (Å²) in [5.41, 5.74) is 2.07. The molecular weight excluding hydrogens is 300 g/mol. The number of ether oxygens (including phenoxy) is 1. The minimum absolute atomic E-state index is 0.0507. The van der Waals surface area contributed by atoms with Gasteiger partial charge in [0.1, 0.15) is 5.75 Å². The lowest BCUT2D eigenvalue weighted by Gasteiger charge is -2.33. The maximum atomic E-state index is 12.0. The highest BCUT2D eigenvalue weighted by Gasteiger charge is 2.17. The summed E-state index contributed by atoms with van der Waals surface area (Å²) >= 11 is 0. The van der Waals surface area contributed by atoms with Crippen molar-refractivity contribution in [3.8, 4) is 5.75 Å². The highest BCUT2D eigenvalue weighted by Crippen LogP contribution is 2.20. The van der Waals surface area contributed by atoms with Gasteiger partial charge in [0.05, 0.1) is 7.11 Å². The van der Waals surface area contributed by atoms with Crippen molar-refractivity contribution in [2.24, 2.45) is 0 Å². The summed E-state index contributed by atoms with van der Waals surface area (Å²) in [5.74, 6) is 0.731. The highest BCUT2D eigenvalue weighted by molar-refractivity contribution is 5.92. The number of nitrogens with zero attached hydrogens (tertiary/aromatic N) is 1. The minimum Gasteiger partial charge on any atom is -0.496 e. The van der Waals surface area contributed by atoms with Gasteiger partial charge in [-0.05, 0) is 57.9 Å². The van der Waals surface area contributed by atoms with Gasteiger partial charge in [-0.1, -0.05) is 18.1 Å². The first kappa shape index (κ1) is 18.5. The normalized spacial score (nSPS) is 18.7. The smallest absolute Gasteiger partial charge is 0.244 e. The molecule has 1 fully saturated rings. The van der Waals surface area contributed by atoms with E-state index in [9.17, 15) is 4.79 Å². The zero-order valence-corrected chi connectivity index (χ0v) is 15.2. The molecule has 1 aliphatic heterocycles.